The van der Waals surface area contributed by atoms with Crippen LogP contribution in [0.15, 0.2) is 48.0 Å². The number of hydrogen-bond donors (Lipinski definition) is 2. The number of fused-ring (bicyclic) bond motifs is 1. The molecule has 0 fully saturated rings. The summed E-state index contributed by atoms with van der Waals surface area (Å²) >= 11 is 3.10. The molecule has 4 nitrogen and oxygen atoms in total. The van der Waals surface area contributed by atoms with E-state index in [0.29, 0.717) is 11.4 Å². The van der Waals surface area contributed by atoms with Crippen molar-refractivity contribution in [2.24, 2.45) is 0 Å². The summed E-state index contributed by atoms with van der Waals surface area (Å²) in [6.07, 6.45) is 2.81. The van der Waals surface area contributed by atoms with Crippen LogP contribution in [0.2, 0.25) is 0 Å². The molecule has 3 aromatic heterocycles. The zero-order valence-corrected chi connectivity index (χ0v) is 15.3. The van der Waals surface area contributed by atoms with Crippen molar-refractivity contribution < 1.29 is 4.79 Å². The van der Waals surface area contributed by atoms with Crippen LogP contribution in [0.25, 0.3) is 20.8 Å². The first-order chi connectivity index (χ1) is 12.2. The van der Waals surface area contributed by atoms with E-state index in [1.165, 1.54) is 22.3 Å². The Hall–Kier alpha value is -2.44. The number of aromatic nitrogens is 2. The molecule has 0 aliphatic rings. The van der Waals surface area contributed by atoms with Gasteiger partial charge in [0.2, 0.25) is 0 Å². The molecule has 4 aromatic rings. The van der Waals surface area contributed by atoms with Gasteiger partial charge in [-0.3, -0.25) is 4.79 Å². The highest BCUT2D eigenvalue weighted by Gasteiger charge is 2.16. The van der Waals surface area contributed by atoms with Crippen molar-refractivity contribution >= 4 is 39.5 Å². The fourth-order valence-electron chi connectivity index (χ4n) is 2.84. The third-order valence-electron chi connectivity index (χ3n) is 4.09. The van der Waals surface area contributed by atoms with Crippen LogP contribution in [0.3, 0.4) is 0 Å². The van der Waals surface area contributed by atoms with Crippen LogP contribution in [0.1, 0.15) is 20.9 Å². The van der Waals surface area contributed by atoms with E-state index in [9.17, 15) is 4.79 Å². The average Bonchev–Trinajstić information content (AvgIpc) is 3.34. The number of rotatable bonds is 5. The lowest BCUT2D eigenvalue weighted by molar-refractivity contribution is 0.0957. The second-order valence-corrected chi connectivity index (χ2v) is 7.72. The lowest BCUT2D eigenvalue weighted by Gasteiger charge is -2.03. The number of nitrogens with zero attached hydrogens (tertiary/aromatic N) is 1. The maximum absolute atomic E-state index is 12.5. The molecule has 0 saturated heterocycles. The molecular weight excluding hydrogens is 350 g/mol. The first-order valence-electron chi connectivity index (χ1n) is 8.07. The van der Waals surface area contributed by atoms with Crippen molar-refractivity contribution in [3.63, 3.8) is 0 Å². The zero-order chi connectivity index (χ0) is 17.2. The quantitative estimate of drug-likeness (QED) is 0.540. The Bertz CT molecular complexity index is 1010. The Morgan fingerprint density at radius 3 is 2.96 bits per heavy atom. The predicted octanol–water partition coefficient (Wildman–Crippen LogP) is 4.63. The molecule has 0 spiro atoms. The van der Waals surface area contributed by atoms with Gasteiger partial charge < -0.3 is 10.3 Å². The summed E-state index contributed by atoms with van der Waals surface area (Å²) in [6, 6.07) is 12.2. The lowest BCUT2D eigenvalue weighted by atomic mass is 10.1. The van der Waals surface area contributed by atoms with Crippen LogP contribution >= 0.6 is 22.7 Å². The molecule has 2 N–H and O–H groups in total. The number of aryl methyl sites for hydroxylation is 1. The van der Waals surface area contributed by atoms with Gasteiger partial charge in [0.15, 0.2) is 0 Å². The molecular formula is C19H17N3OS2. The van der Waals surface area contributed by atoms with E-state index < -0.39 is 0 Å². The Morgan fingerprint density at radius 1 is 1.24 bits per heavy atom. The zero-order valence-electron chi connectivity index (χ0n) is 13.7. The summed E-state index contributed by atoms with van der Waals surface area (Å²) < 4.78 is 0. The first kappa shape index (κ1) is 16.1. The fraction of sp³-hybridized carbons (Fsp3) is 0.158. The minimum atomic E-state index is -0.0438. The summed E-state index contributed by atoms with van der Waals surface area (Å²) in [4.78, 5) is 22.1. The fourth-order valence-corrected chi connectivity index (χ4v) is 4.62. The van der Waals surface area contributed by atoms with Gasteiger partial charge in [-0.1, -0.05) is 24.3 Å². The van der Waals surface area contributed by atoms with Gasteiger partial charge in [-0.05, 0) is 36.4 Å². The van der Waals surface area contributed by atoms with E-state index in [-0.39, 0.29) is 5.91 Å². The molecule has 0 aliphatic carbocycles. The SMILES string of the molecule is Cc1nc(-c2cccs2)sc1C(=O)NCCc1c[nH]c2ccccc12. The molecule has 126 valence electrons. The van der Waals surface area contributed by atoms with Crippen LogP contribution in [0.4, 0.5) is 0 Å². The Morgan fingerprint density at radius 2 is 2.12 bits per heavy atom. The molecule has 0 atom stereocenters. The second kappa shape index (κ2) is 6.82. The highest BCUT2D eigenvalue weighted by atomic mass is 32.1. The van der Waals surface area contributed by atoms with Gasteiger partial charge in [-0.2, -0.15) is 0 Å². The molecule has 25 heavy (non-hydrogen) atoms. The van der Waals surface area contributed by atoms with Crippen LogP contribution < -0.4 is 5.32 Å². The molecule has 0 radical (unpaired) electrons. The van der Waals surface area contributed by atoms with Gasteiger partial charge in [0.25, 0.3) is 5.91 Å². The molecule has 3 heterocycles. The average molecular weight is 367 g/mol. The molecule has 0 saturated carbocycles. The number of thiophene rings is 1. The molecule has 1 aromatic carbocycles. The lowest BCUT2D eigenvalue weighted by Crippen LogP contribution is -2.25. The minimum absolute atomic E-state index is 0.0438. The maximum Gasteiger partial charge on any atom is 0.263 e. The number of hydrogen-bond acceptors (Lipinski definition) is 4. The third-order valence-corrected chi connectivity index (χ3v) is 6.28. The van der Waals surface area contributed by atoms with Gasteiger partial charge in [0, 0.05) is 23.6 Å². The van der Waals surface area contributed by atoms with E-state index in [0.717, 1.165) is 27.5 Å². The second-order valence-electron chi connectivity index (χ2n) is 5.78. The highest BCUT2D eigenvalue weighted by molar-refractivity contribution is 7.22. The van der Waals surface area contributed by atoms with Gasteiger partial charge in [-0.15, -0.1) is 22.7 Å². The standard InChI is InChI=1S/C19H17N3OS2/c1-12-17(25-19(22-12)16-7-4-10-24-16)18(23)20-9-8-13-11-21-15-6-3-2-5-14(13)15/h2-7,10-11,21H,8-9H2,1H3,(H,20,23). The van der Waals surface area contributed by atoms with Crippen LogP contribution in [0, 0.1) is 6.92 Å². The number of carbonyl (C=O) groups excluding carboxylic acids is 1. The highest BCUT2D eigenvalue weighted by Crippen LogP contribution is 2.31. The third kappa shape index (κ3) is 3.23. The largest absolute Gasteiger partial charge is 0.361 e. The van der Waals surface area contributed by atoms with E-state index in [1.807, 2.05) is 42.8 Å². The van der Waals surface area contributed by atoms with Crippen molar-refractivity contribution in [2.45, 2.75) is 13.3 Å². The number of para-hydroxylation sites is 1. The smallest absolute Gasteiger partial charge is 0.263 e. The molecule has 0 bridgehead atoms. The Kier molecular flexibility index (Phi) is 4.38. The topological polar surface area (TPSA) is 57.8 Å². The van der Waals surface area contributed by atoms with Crippen molar-refractivity contribution in [1.29, 1.82) is 0 Å². The monoisotopic (exact) mass is 367 g/mol. The number of carbonyl (C=O) groups is 1. The molecule has 0 aliphatic heterocycles. The van der Waals surface area contributed by atoms with Crippen molar-refractivity contribution in [3.8, 4) is 9.88 Å². The number of aromatic amines is 1. The number of thiazole rings is 1. The maximum atomic E-state index is 12.5. The van der Waals surface area contributed by atoms with Crippen molar-refractivity contribution in [2.75, 3.05) is 6.54 Å². The van der Waals surface area contributed by atoms with Gasteiger partial charge >= 0.3 is 0 Å². The van der Waals surface area contributed by atoms with Crippen molar-refractivity contribution in [3.05, 3.63) is 64.1 Å². The van der Waals surface area contributed by atoms with Crippen molar-refractivity contribution in [1.82, 2.24) is 15.3 Å². The van der Waals surface area contributed by atoms with E-state index >= 15 is 0 Å². The minimum Gasteiger partial charge on any atom is -0.361 e. The first-order valence-corrected chi connectivity index (χ1v) is 9.76. The van der Waals surface area contributed by atoms with Gasteiger partial charge in [-0.25, -0.2) is 4.98 Å². The summed E-state index contributed by atoms with van der Waals surface area (Å²) in [5, 5.41) is 7.17. The molecule has 4 rings (SSSR count). The van der Waals surface area contributed by atoms with Gasteiger partial charge in [0.05, 0.1) is 10.6 Å². The summed E-state index contributed by atoms with van der Waals surface area (Å²) in [6.45, 7) is 2.49. The Balaban J connectivity index is 1.42. The van der Waals surface area contributed by atoms with Crippen LogP contribution in [-0.4, -0.2) is 22.4 Å². The summed E-state index contributed by atoms with van der Waals surface area (Å²) in [7, 11) is 0. The summed E-state index contributed by atoms with van der Waals surface area (Å²) in [5.74, 6) is -0.0438. The van der Waals surface area contributed by atoms with E-state index in [4.69, 9.17) is 0 Å². The van der Waals surface area contributed by atoms with Crippen LogP contribution in [0.5, 0.6) is 0 Å². The summed E-state index contributed by atoms with van der Waals surface area (Å²) in [5.41, 5.74) is 3.14. The van der Waals surface area contributed by atoms with Gasteiger partial charge in [0.1, 0.15) is 9.88 Å². The number of benzene rings is 1. The molecule has 0 unspecified atom stereocenters. The normalized spacial score (nSPS) is 11.1. The van der Waals surface area contributed by atoms with E-state index in [1.54, 1.807) is 11.3 Å². The van der Waals surface area contributed by atoms with Crippen LogP contribution in [-0.2, 0) is 6.42 Å². The Labute approximate surface area is 153 Å². The molecule has 6 heteroatoms. The molecule has 1 amide bonds. The number of amides is 1. The number of H-pyrrole nitrogens is 1. The number of nitrogens with one attached hydrogen (secondary N) is 2. The van der Waals surface area contributed by atoms with E-state index in [2.05, 4.69) is 27.4 Å². The predicted molar refractivity (Wildman–Crippen MR) is 104 cm³/mol.